The van der Waals surface area contributed by atoms with Crippen molar-refractivity contribution in [2.75, 3.05) is 5.32 Å². The Kier molecular flexibility index (Phi) is 6.07. The largest absolute Gasteiger partial charge is 0.339 e. The number of hydrogen-bond donors (Lipinski definition) is 1. The number of nitriles is 1. The lowest BCUT2D eigenvalue weighted by Crippen LogP contribution is -2.05. The summed E-state index contributed by atoms with van der Waals surface area (Å²) in [4.78, 5) is 20.7. The van der Waals surface area contributed by atoms with Crippen LogP contribution in [0.3, 0.4) is 0 Å². The van der Waals surface area contributed by atoms with Gasteiger partial charge in [0.1, 0.15) is 11.6 Å². The number of benzene rings is 2. The maximum Gasteiger partial charge on any atom is 0.190 e. The van der Waals surface area contributed by atoms with Gasteiger partial charge in [-0.1, -0.05) is 55.9 Å². The summed E-state index contributed by atoms with van der Waals surface area (Å²) in [6.45, 7) is 5.67. The van der Waals surface area contributed by atoms with E-state index in [0.29, 0.717) is 33.0 Å². The summed E-state index contributed by atoms with van der Waals surface area (Å²) in [5.41, 5.74) is 3.23. The van der Waals surface area contributed by atoms with Gasteiger partial charge in [0.15, 0.2) is 16.8 Å². The van der Waals surface area contributed by atoms with Crippen LogP contribution in [-0.2, 0) is 0 Å². The van der Waals surface area contributed by atoms with Gasteiger partial charge >= 0.3 is 0 Å². The van der Waals surface area contributed by atoms with E-state index in [2.05, 4.69) is 35.2 Å². The first kappa shape index (κ1) is 19.6. The number of carbonyl (C=O) groups excluding carboxylic acids is 1. The zero-order valence-corrected chi connectivity index (χ0v) is 16.7. The highest BCUT2D eigenvalue weighted by Gasteiger charge is 2.17. The SMILES string of the molecule is CC(=O)c1ccc(Nc2nc(SC(C)C)nc(-c3ccccc3)c2C#N)cc1. The molecule has 0 unspecified atom stereocenters. The van der Waals surface area contributed by atoms with Crippen LogP contribution in [0.2, 0.25) is 0 Å². The maximum absolute atomic E-state index is 11.5. The van der Waals surface area contributed by atoms with Crippen molar-refractivity contribution in [1.29, 1.82) is 5.26 Å². The number of hydrogen-bond acceptors (Lipinski definition) is 6. The van der Waals surface area contributed by atoms with Gasteiger partial charge in [-0.25, -0.2) is 9.97 Å². The highest BCUT2D eigenvalue weighted by atomic mass is 32.2. The van der Waals surface area contributed by atoms with Crippen molar-refractivity contribution in [2.24, 2.45) is 0 Å². The third kappa shape index (κ3) is 4.56. The average Bonchev–Trinajstić information content (AvgIpc) is 2.68. The first-order chi connectivity index (χ1) is 13.5. The summed E-state index contributed by atoms with van der Waals surface area (Å²) in [5.74, 6) is 0.461. The number of rotatable bonds is 6. The van der Waals surface area contributed by atoms with Crippen LogP contribution in [0.5, 0.6) is 0 Å². The first-order valence-corrected chi connectivity index (χ1v) is 9.78. The normalized spacial score (nSPS) is 10.5. The van der Waals surface area contributed by atoms with E-state index in [1.165, 1.54) is 6.92 Å². The van der Waals surface area contributed by atoms with Crippen LogP contribution in [0.4, 0.5) is 11.5 Å². The molecule has 1 N–H and O–H groups in total. The molecule has 140 valence electrons. The predicted molar refractivity (Wildman–Crippen MR) is 113 cm³/mol. The van der Waals surface area contributed by atoms with Gasteiger partial charge in [-0.15, -0.1) is 0 Å². The van der Waals surface area contributed by atoms with Gasteiger partial charge in [-0.2, -0.15) is 5.26 Å². The Balaban J connectivity index is 2.08. The smallest absolute Gasteiger partial charge is 0.190 e. The molecule has 0 saturated carbocycles. The lowest BCUT2D eigenvalue weighted by atomic mass is 10.1. The van der Waals surface area contributed by atoms with E-state index < -0.39 is 0 Å². The van der Waals surface area contributed by atoms with E-state index >= 15 is 0 Å². The second kappa shape index (κ2) is 8.68. The summed E-state index contributed by atoms with van der Waals surface area (Å²) in [6.07, 6.45) is 0. The monoisotopic (exact) mass is 388 g/mol. The second-order valence-electron chi connectivity index (χ2n) is 6.48. The van der Waals surface area contributed by atoms with Gasteiger partial charge in [0.25, 0.3) is 0 Å². The lowest BCUT2D eigenvalue weighted by Gasteiger charge is -2.14. The third-order valence-corrected chi connectivity index (χ3v) is 4.81. The molecule has 3 rings (SSSR count). The molecule has 0 saturated heterocycles. The highest BCUT2D eigenvalue weighted by Crippen LogP contribution is 2.31. The lowest BCUT2D eigenvalue weighted by molar-refractivity contribution is 0.101. The fourth-order valence-corrected chi connectivity index (χ4v) is 3.34. The van der Waals surface area contributed by atoms with E-state index in [1.54, 1.807) is 36.0 Å². The van der Waals surface area contributed by atoms with Crippen LogP contribution in [0.1, 0.15) is 36.7 Å². The van der Waals surface area contributed by atoms with Gasteiger partial charge in [-0.05, 0) is 31.2 Å². The van der Waals surface area contributed by atoms with Crippen LogP contribution >= 0.6 is 11.8 Å². The van der Waals surface area contributed by atoms with Crippen LogP contribution in [-0.4, -0.2) is 21.0 Å². The van der Waals surface area contributed by atoms with E-state index in [-0.39, 0.29) is 5.78 Å². The van der Waals surface area contributed by atoms with Crippen molar-refractivity contribution in [3.05, 3.63) is 65.7 Å². The summed E-state index contributed by atoms with van der Waals surface area (Å²) in [7, 11) is 0. The summed E-state index contributed by atoms with van der Waals surface area (Å²) in [6, 6.07) is 19.0. The molecule has 28 heavy (non-hydrogen) atoms. The van der Waals surface area contributed by atoms with Gasteiger partial charge in [-0.3, -0.25) is 4.79 Å². The van der Waals surface area contributed by atoms with Crippen molar-refractivity contribution in [3.63, 3.8) is 0 Å². The maximum atomic E-state index is 11.5. The summed E-state index contributed by atoms with van der Waals surface area (Å²) < 4.78 is 0. The minimum atomic E-state index is 0.00767. The third-order valence-electron chi connectivity index (χ3n) is 3.94. The van der Waals surface area contributed by atoms with Crippen LogP contribution in [0.25, 0.3) is 11.3 Å². The van der Waals surface area contributed by atoms with E-state index in [1.807, 2.05) is 30.3 Å². The molecule has 1 heterocycles. The molecule has 3 aromatic rings. The number of carbonyl (C=O) groups is 1. The molecule has 0 atom stereocenters. The molecule has 0 aliphatic carbocycles. The number of anilines is 2. The van der Waals surface area contributed by atoms with Crippen molar-refractivity contribution in [3.8, 4) is 17.3 Å². The molecule has 1 aromatic heterocycles. The van der Waals surface area contributed by atoms with Crippen molar-refractivity contribution in [2.45, 2.75) is 31.2 Å². The van der Waals surface area contributed by atoms with E-state index in [4.69, 9.17) is 0 Å². The Morgan fingerprint density at radius 2 is 1.75 bits per heavy atom. The van der Waals surface area contributed by atoms with Crippen LogP contribution < -0.4 is 5.32 Å². The quantitative estimate of drug-likeness (QED) is 0.343. The van der Waals surface area contributed by atoms with Crippen molar-refractivity contribution in [1.82, 2.24) is 9.97 Å². The Bertz CT molecular complexity index is 1020. The van der Waals surface area contributed by atoms with E-state index in [9.17, 15) is 10.1 Å². The molecular formula is C22H20N4OS. The molecule has 5 nitrogen and oxygen atoms in total. The number of nitrogens with zero attached hydrogens (tertiary/aromatic N) is 3. The molecule has 6 heteroatoms. The Morgan fingerprint density at radius 1 is 1.07 bits per heavy atom. The number of aromatic nitrogens is 2. The number of Topliss-reactive ketones (excluding diaryl/α,β-unsaturated/α-hetero) is 1. The highest BCUT2D eigenvalue weighted by molar-refractivity contribution is 7.99. The van der Waals surface area contributed by atoms with Crippen molar-refractivity contribution >= 4 is 29.1 Å². The minimum absolute atomic E-state index is 0.00767. The average molecular weight is 388 g/mol. The summed E-state index contributed by atoms with van der Waals surface area (Å²) in [5, 5.41) is 13.9. The van der Waals surface area contributed by atoms with Gasteiger partial charge in [0.05, 0.1) is 5.69 Å². The molecule has 0 radical (unpaired) electrons. The zero-order chi connectivity index (χ0) is 20.1. The first-order valence-electron chi connectivity index (χ1n) is 8.90. The van der Waals surface area contributed by atoms with Gasteiger partial charge < -0.3 is 5.32 Å². The predicted octanol–water partition coefficient (Wildman–Crippen LogP) is 5.46. The second-order valence-corrected chi connectivity index (χ2v) is 8.03. The minimum Gasteiger partial charge on any atom is -0.339 e. The number of thioether (sulfide) groups is 1. The molecular weight excluding hydrogens is 368 g/mol. The van der Waals surface area contributed by atoms with E-state index in [0.717, 1.165) is 11.3 Å². The zero-order valence-electron chi connectivity index (χ0n) is 15.9. The molecule has 0 aliphatic rings. The standard InChI is InChI=1S/C22H20N4OS/c1-14(2)28-22-25-20(17-7-5-4-6-8-17)19(13-23)21(26-22)24-18-11-9-16(10-12-18)15(3)27/h4-12,14H,1-3H3,(H,24,25,26). The van der Waals surface area contributed by atoms with Crippen LogP contribution in [0.15, 0.2) is 59.8 Å². The molecule has 0 aliphatic heterocycles. The molecule has 0 bridgehead atoms. The fraction of sp³-hybridized carbons (Fsp3) is 0.182. The number of nitrogens with one attached hydrogen (secondary N) is 1. The Morgan fingerprint density at radius 3 is 2.32 bits per heavy atom. The van der Waals surface area contributed by atoms with Crippen LogP contribution in [0, 0.1) is 11.3 Å². The Labute approximate surface area is 168 Å². The summed E-state index contributed by atoms with van der Waals surface area (Å²) >= 11 is 1.54. The molecule has 0 fully saturated rings. The number of ketones is 1. The van der Waals surface area contributed by atoms with Gasteiger partial charge in [0, 0.05) is 22.1 Å². The van der Waals surface area contributed by atoms with Crippen molar-refractivity contribution < 1.29 is 4.79 Å². The Hall–Kier alpha value is -3.17. The molecule has 2 aromatic carbocycles. The molecule has 0 spiro atoms. The van der Waals surface area contributed by atoms with Gasteiger partial charge in [0.2, 0.25) is 0 Å². The fourth-order valence-electron chi connectivity index (χ4n) is 2.63. The molecule has 0 amide bonds. The topological polar surface area (TPSA) is 78.7 Å².